The number of halogens is 1. The van der Waals surface area contributed by atoms with Crippen molar-refractivity contribution >= 4 is 0 Å². The standard InChI is InChI=1S/C14H18FNO/c1-17-13-8-7-11(9-12(13)15)14(16)10-5-3-2-4-6-10/h5,7-9,14H,2-4,6,16H2,1H3. The first kappa shape index (κ1) is 12.1. The van der Waals surface area contributed by atoms with Crippen LogP contribution in [0.25, 0.3) is 0 Å². The van der Waals surface area contributed by atoms with E-state index in [1.54, 1.807) is 6.07 Å². The number of benzene rings is 1. The molecule has 1 aliphatic rings. The monoisotopic (exact) mass is 235 g/mol. The van der Waals surface area contributed by atoms with Crippen molar-refractivity contribution in [1.82, 2.24) is 0 Å². The largest absolute Gasteiger partial charge is 0.494 e. The van der Waals surface area contributed by atoms with Crippen LogP contribution in [0.5, 0.6) is 5.75 Å². The predicted octanol–water partition coefficient (Wildman–Crippen LogP) is 3.33. The third-order valence-electron chi connectivity index (χ3n) is 3.26. The topological polar surface area (TPSA) is 35.2 Å². The Morgan fingerprint density at radius 2 is 2.18 bits per heavy atom. The van der Waals surface area contributed by atoms with Gasteiger partial charge >= 0.3 is 0 Å². The molecule has 1 aromatic carbocycles. The summed E-state index contributed by atoms with van der Waals surface area (Å²) in [6.45, 7) is 0. The van der Waals surface area contributed by atoms with Gasteiger partial charge in [-0.05, 0) is 43.4 Å². The lowest BCUT2D eigenvalue weighted by molar-refractivity contribution is 0.386. The highest BCUT2D eigenvalue weighted by Gasteiger charge is 2.15. The minimum atomic E-state index is -0.350. The lowest BCUT2D eigenvalue weighted by Gasteiger charge is -2.20. The third-order valence-corrected chi connectivity index (χ3v) is 3.26. The second kappa shape index (κ2) is 5.32. The maximum atomic E-state index is 13.6. The molecule has 0 saturated carbocycles. The Kier molecular flexibility index (Phi) is 3.79. The van der Waals surface area contributed by atoms with E-state index in [2.05, 4.69) is 6.08 Å². The van der Waals surface area contributed by atoms with Gasteiger partial charge in [0.05, 0.1) is 13.2 Å². The third kappa shape index (κ3) is 2.67. The number of methoxy groups -OCH3 is 1. The first-order valence-corrected chi connectivity index (χ1v) is 6.00. The Morgan fingerprint density at radius 1 is 1.35 bits per heavy atom. The van der Waals surface area contributed by atoms with Gasteiger partial charge < -0.3 is 10.5 Å². The number of hydrogen-bond acceptors (Lipinski definition) is 2. The van der Waals surface area contributed by atoms with Crippen LogP contribution in [0.2, 0.25) is 0 Å². The molecule has 0 amide bonds. The van der Waals surface area contributed by atoms with Gasteiger partial charge in [0.25, 0.3) is 0 Å². The Labute approximate surface area is 101 Å². The number of rotatable bonds is 3. The molecule has 0 spiro atoms. The van der Waals surface area contributed by atoms with Crippen LogP contribution in [0.4, 0.5) is 4.39 Å². The van der Waals surface area contributed by atoms with E-state index in [-0.39, 0.29) is 17.6 Å². The van der Waals surface area contributed by atoms with Crippen molar-refractivity contribution in [3.8, 4) is 5.75 Å². The SMILES string of the molecule is COc1ccc(C(N)C2=CCCCC2)cc1F. The summed E-state index contributed by atoms with van der Waals surface area (Å²) in [6, 6.07) is 4.75. The normalized spacial score (nSPS) is 17.5. The van der Waals surface area contributed by atoms with Crippen LogP contribution >= 0.6 is 0 Å². The van der Waals surface area contributed by atoms with Gasteiger partial charge in [-0.2, -0.15) is 0 Å². The molecule has 0 heterocycles. The van der Waals surface area contributed by atoms with E-state index in [0.29, 0.717) is 0 Å². The van der Waals surface area contributed by atoms with Crippen LogP contribution in [0.3, 0.4) is 0 Å². The number of nitrogens with two attached hydrogens (primary N) is 1. The second-order valence-corrected chi connectivity index (χ2v) is 4.40. The molecule has 17 heavy (non-hydrogen) atoms. The van der Waals surface area contributed by atoms with E-state index in [4.69, 9.17) is 10.5 Å². The Bertz CT molecular complexity index is 428. The van der Waals surface area contributed by atoms with Gasteiger partial charge in [0, 0.05) is 0 Å². The van der Waals surface area contributed by atoms with Gasteiger partial charge in [0.15, 0.2) is 11.6 Å². The predicted molar refractivity (Wildman–Crippen MR) is 66.4 cm³/mol. The lowest BCUT2D eigenvalue weighted by atomic mass is 9.90. The quantitative estimate of drug-likeness (QED) is 0.815. The van der Waals surface area contributed by atoms with Gasteiger partial charge in [0.1, 0.15) is 0 Å². The molecule has 0 bridgehead atoms. The van der Waals surface area contributed by atoms with Crippen LogP contribution < -0.4 is 10.5 Å². The van der Waals surface area contributed by atoms with Gasteiger partial charge in [-0.3, -0.25) is 0 Å². The number of ether oxygens (including phenoxy) is 1. The van der Waals surface area contributed by atoms with Gasteiger partial charge in [-0.15, -0.1) is 0 Å². The molecule has 0 aromatic heterocycles. The zero-order valence-corrected chi connectivity index (χ0v) is 10.1. The minimum absolute atomic E-state index is 0.185. The second-order valence-electron chi connectivity index (χ2n) is 4.40. The van der Waals surface area contributed by atoms with Crippen LogP contribution in [-0.4, -0.2) is 7.11 Å². The summed E-state index contributed by atoms with van der Waals surface area (Å²) in [5.74, 6) is -0.0876. The lowest BCUT2D eigenvalue weighted by Crippen LogP contribution is -2.15. The Balaban J connectivity index is 2.21. The molecule has 1 aliphatic carbocycles. The molecule has 0 fully saturated rings. The van der Waals surface area contributed by atoms with Crippen molar-refractivity contribution in [2.45, 2.75) is 31.7 Å². The highest BCUT2D eigenvalue weighted by Crippen LogP contribution is 2.29. The summed E-state index contributed by atoms with van der Waals surface area (Å²) < 4.78 is 18.5. The number of hydrogen-bond donors (Lipinski definition) is 1. The first-order valence-electron chi connectivity index (χ1n) is 6.00. The minimum Gasteiger partial charge on any atom is -0.494 e. The fourth-order valence-corrected chi connectivity index (χ4v) is 2.24. The fraction of sp³-hybridized carbons (Fsp3) is 0.429. The molecule has 0 saturated heterocycles. The molecule has 2 N–H and O–H groups in total. The molecule has 0 radical (unpaired) electrons. The van der Waals surface area contributed by atoms with Gasteiger partial charge in [-0.25, -0.2) is 4.39 Å². The summed E-state index contributed by atoms with van der Waals surface area (Å²) in [4.78, 5) is 0. The molecule has 1 atom stereocenters. The summed E-state index contributed by atoms with van der Waals surface area (Å²) in [6.07, 6.45) is 6.71. The molecule has 1 aromatic rings. The summed E-state index contributed by atoms with van der Waals surface area (Å²) in [7, 11) is 1.46. The highest BCUT2D eigenvalue weighted by molar-refractivity contribution is 5.34. The first-order chi connectivity index (χ1) is 8.22. The van der Waals surface area contributed by atoms with Crippen LogP contribution in [0.1, 0.15) is 37.3 Å². The summed E-state index contributed by atoms with van der Waals surface area (Å²) >= 11 is 0. The van der Waals surface area contributed by atoms with Crippen LogP contribution in [-0.2, 0) is 0 Å². The molecule has 2 rings (SSSR count). The Morgan fingerprint density at radius 3 is 2.76 bits per heavy atom. The molecule has 0 aliphatic heterocycles. The van der Waals surface area contributed by atoms with Gasteiger partial charge in [0.2, 0.25) is 0 Å². The van der Waals surface area contributed by atoms with E-state index >= 15 is 0 Å². The van der Waals surface area contributed by atoms with Crippen molar-refractivity contribution in [2.75, 3.05) is 7.11 Å². The highest BCUT2D eigenvalue weighted by atomic mass is 19.1. The van der Waals surface area contributed by atoms with Crippen LogP contribution in [0, 0.1) is 5.82 Å². The fourth-order valence-electron chi connectivity index (χ4n) is 2.24. The number of allylic oxidation sites excluding steroid dienone is 1. The average Bonchev–Trinajstić information content (AvgIpc) is 2.39. The average molecular weight is 235 g/mol. The summed E-state index contributed by atoms with van der Waals surface area (Å²) in [5.41, 5.74) is 8.19. The molecular weight excluding hydrogens is 217 g/mol. The van der Waals surface area contributed by atoms with Crippen molar-refractivity contribution in [3.05, 3.63) is 41.2 Å². The molecule has 92 valence electrons. The zero-order valence-electron chi connectivity index (χ0n) is 10.1. The van der Waals surface area contributed by atoms with E-state index in [9.17, 15) is 4.39 Å². The van der Waals surface area contributed by atoms with Crippen molar-refractivity contribution in [3.63, 3.8) is 0 Å². The maximum Gasteiger partial charge on any atom is 0.165 e. The van der Waals surface area contributed by atoms with Crippen LogP contribution in [0.15, 0.2) is 29.8 Å². The molecule has 1 unspecified atom stereocenters. The van der Waals surface area contributed by atoms with E-state index in [1.807, 2.05) is 6.07 Å². The smallest absolute Gasteiger partial charge is 0.165 e. The zero-order chi connectivity index (χ0) is 12.3. The van der Waals surface area contributed by atoms with E-state index in [1.165, 1.54) is 31.6 Å². The Hall–Kier alpha value is -1.35. The van der Waals surface area contributed by atoms with E-state index in [0.717, 1.165) is 18.4 Å². The van der Waals surface area contributed by atoms with Crippen molar-refractivity contribution in [1.29, 1.82) is 0 Å². The van der Waals surface area contributed by atoms with E-state index < -0.39 is 0 Å². The maximum absolute atomic E-state index is 13.6. The molecular formula is C14H18FNO. The molecule has 2 nitrogen and oxygen atoms in total. The molecule has 3 heteroatoms. The van der Waals surface area contributed by atoms with Gasteiger partial charge in [-0.1, -0.05) is 17.7 Å². The van der Waals surface area contributed by atoms with Crippen molar-refractivity contribution in [2.24, 2.45) is 5.73 Å². The summed E-state index contributed by atoms with van der Waals surface area (Å²) in [5, 5.41) is 0. The van der Waals surface area contributed by atoms with Crippen molar-refractivity contribution < 1.29 is 9.13 Å².